The highest BCUT2D eigenvalue weighted by molar-refractivity contribution is 5.87. The van der Waals surface area contributed by atoms with Crippen LogP contribution in [0.5, 0.6) is 0 Å². The van der Waals surface area contributed by atoms with Gasteiger partial charge in [0.15, 0.2) is 18.7 Å². The van der Waals surface area contributed by atoms with Gasteiger partial charge in [0.1, 0.15) is 48.3 Å². The van der Waals surface area contributed by atoms with Crippen molar-refractivity contribution in [2.75, 3.05) is 13.2 Å². The number of aliphatic hydroxyl groups is 7. The summed E-state index contributed by atoms with van der Waals surface area (Å²) >= 11 is 0. The molecule has 0 unspecified atom stereocenters. The minimum absolute atomic E-state index is 0.476. The molecule has 0 aromatic heterocycles. The topological polar surface area (TPSA) is 227 Å². The number of hydrogen-bond donors (Lipinski definition) is 7. The number of esters is 1. The Kier molecular flexibility index (Phi) is 9.33. The lowest BCUT2D eigenvalue weighted by molar-refractivity contribution is -0.347. The molecule has 6 rings (SSSR count). The molecule has 16 atom stereocenters. The predicted octanol–water partition coefficient (Wildman–Crippen LogP) is -2.47. The summed E-state index contributed by atoms with van der Waals surface area (Å²) in [5.41, 5.74) is -0.478. The summed E-state index contributed by atoms with van der Waals surface area (Å²) in [6.45, 7) is 0.397. The molecular weight excluding hydrogens is 600 g/mol. The molecule has 4 fully saturated rings. The summed E-state index contributed by atoms with van der Waals surface area (Å²) in [5.74, 6) is -2.12. The molecule has 1 aromatic rings. The number of aliphatic hydroxyl groups excluding tert-OH is 7. The largest absolute Gasteiger partial charge is 0.472 e. The molecule has 248 valence electrons. The van der Waals surface area contributed by atoms with Crippen molar-refractivity contribution in [3.63, 3.8) is 0 Å². The van der Waals surface area contributed by atoms with E-state index in [4.69, 9.17) is 33.2 Å². The van der Waals surface area contributed by atoms with Crippen molar-refractivity contribution < 1.29 is 73.7 Å². The Hall–Kier alpha value is -2.51. The molecular formula is C30H38O15. The van der Waals surface area contributed by atoms with E-state index in [2.05, 4.69) is 0 Å². The van der Waals surface area contributed by atoms with E-state index in [-0.39, 0.29) is 0 Å². The molecule has 0 spiro atoms. The van der Waals surface area contributed by atoms with E-state index in [1.807, 2.05) is 6.07 Å². The van der Waals surface area contributed by atoms with Gasteiger partial charge in [-0.3, -0.25) is 0 Å². The Morgan fingerprint density at radius 2 is 1.64 bits per heavy atom. The SMILES string of the molecule is C[C@@H]1O[C@@H](O[C@H]2[C@@H]3C=CO[C@@H](O[C@H]4O[C@@H](CO)[C@H](O)[C@@H](O)[C@@H]4O)[C@@H]3[C@@]3(CO)O[C@@H]23)[C@H](OC(=O)/C=C/c2ccccc2)[C@H](O)[C@H]1O. The molecule has 3 saturated heterocycles. The quantitative estimate of drug-likeness (QED) is 0.0845. The van der Waals surface area contributed by atoms with Crippen LogP contribution in [0.25, 0.3) is 6.08 Å². The third kappa shape index (κ3) is 5.93. The van der Waals surface area contributed by atoms with E-state index in [9.17, 15) is 40.5 Å². The minimum Gasteiger partial charge on any atom is -0.472 e. The second kappa shape index (κ2) is 12.9. The summed E-state index contributed by atoms with van der Waals surface area (Å²) in [5, 5.41) is 72.2. The molecule has 0 radical (unpaired) electrons. The Labute approximate surface area is 257 Å². The smallest absolute Gasteiger partial charge is 0.331 e. The van der Waals surface area contributed by atoms with Gasteiger partial charge < -0.3 is 68.9 Å². The van der Waals surface area contributed by atoms with E-state index in [0.29, 0.717) is 0 Å². The molecule has 15 heteroatoms. The molecule has 4 aliphatic heterocycles. The second-order valence-electron chi connectivity index (χ2n) is 11.9. The van der Waals surface area contributed by atoms with Gasteiger partial charge in [0.25, 0.3) is 0 Å². The first-order chi connectivity index (χ1) is 21.6. The van der Waals surface area contributed by atoms with Crippen LogP contribution in [0.2, 0.25) is 0 Å². The van der Waals surface area contributed by atoms with E-state index in [1.165, 1.54) is 25.3 Å². The molecule has 1 aromatic carbocycles. The van der Waals surface area contributed by atoms with E-state index in [1.54, 1.807) is 30.3 Å². The first-order valence-electron chi connectivity index (χ1n) is 14.8. The van der Waals surface area contributed by atoms with Crippen molar-refractivity contribution in [2.45, 2.75) is 92.4 Å². The minimum atomic E-state index is -1.69. The fourth-order valence-electron chi connectivity index (χ4n) is 6.60. The third-order valence-electron chi connectivity index (χ3n) is 9.14. The van der Waals surface area contributed by atoms with Gasteiger partial charge in [0, 0.05) is 12.0 Å². The van der Waals surface area contributed by atoms with Crippen LogP contribution in [0.4, 0.5) is 0 Å². The number of fused-ring (bicyclic) bond motifs is 3. The standard InChI is InChI=1S/C30H38O15/c1-13-19(34)22(37)25(42-17(33)8-7-14-5-3-2-4-6-14)29(40-13)43-24-15-9-10-39-27(18(15)30(12-32)26(24)45-30)44-28-23(38)21(36)20(35)16(11-31)41-28/h2-10,13,15-16,18-29,31-32,34-38H,11-12H2,1H3/b8-7+/t13-,15+,16-,18+,19-,20-,21+,22+,23-,24-,25+,26-,27-,28+,29-,30+/m0/s1. The van der Waals surface area contributed by atoms with E-state index < -0.39 is 117 Å². The molecule has 5 aliphatic rings. The number of epoxide rings is 1. The summed E-state index contributed by atoms with van der Waals surface area (Å²) in [6.07, 6.45) is -11.4. The van der Waals surface area contributed by atoms with Crippen molar-refractivity contribution >= 4 is 12.0 Å². The van der Waals surface area contributed by atoms with Crippen LogP contribution in [0.1, 0.15) is 12.5 Å². The third-order valence-corrected chi connectivity index (χ3v) is 9.14. The van der Waals surface area contributed by atoms with E-state index in [0.717, 1.165) is 5.56 Å². The van der Waals surface area contributed by atoms with Crippen LogP contribution in [0.15, 0.2) is 48.7 Å². The number of carbonyl (C=O) groups is 1. The van der Waals surface area contributed by atoms with Crippen LogP contribution in [-0.4, -0.2) is 140 Å². The maximum atomic E-state index is 12.7. The van der Waals surface area contributed by atoms with Crippen LogP contribution in [-0.2, 0) is 38.0 Å². The highest BCUT2D eigenvalue weighted by atomic mass is 16.8. The van der Waals surface area contributed by atoms with Gasteiger partial charge >= 0.3 is 5.97 Å². The molecule has 15 nitrogen and oxygen atoms in total. The van der Waals surface area contributed by atoms with Crippen molar-refractivity contribution in [1.82, 2.24) is 0 Å². The lowest BCUT2D eigenvalue weighted by atomic mass is 9.85. The monoisotopic (exact) mass is 638 g/mol. The summed E-state index contributed by atoms with van der Waals surface area (Å²) in [4.78, 5) is 12.7. The Balaban J connectivity index is 1.19. The van der Waals surface area contributed by atoms with E-state index >= 15 is 0 Å². The molecule has 1 aliphatic carbocycles. The number of carbonyl (C=O) groups excluding carboxylic acids is 1. The lowest BCUT2D eigenvalue weighted by Crippen LogP contribution is -2.61. The van der Waals surface area contributed by atoms with Crippen molar-refractivity contribution in [1.29, 1.82) is 0 Å². The zero-order valence-corrected chi connectivity index (χ0v) is 24.2. The van der Waals surface area contributed by atoms with Crippen LogP contribution in [0, 0.1) is 11.8 Å². The Morgan fingerprint density at radius 3 is 2.36 bits per heavy atom. The fraction of sp³-hybridized carbons (Fsp3) is 0.633. The van der Waals surface area contributed by atoms with Gasteiger partial charge in [-0.05, 0) is 24.6 Å². The van der Waals surface area contributed by atoms with Crippen molar-refractivity contribution in [3.05, 3.63) is 54.3 Å². The molecule has 4 heterocycles. The summed E-state index contributed by atoms with van der Waals surface area (Å²) < 4.78 is 40.7. The molecule has 7 N–H and O–H groups in total. The van der Waals surface area contributed by atoms with Crippen molar-refractivity contribution in [2.24, 2.45) is 11.8 Å². The highest BCUT2D eigenvalue weighted by Crippen LogP contribution is 2.61. The zero-order valence-electron chi connectivity index (χ0n) is 24.2. The number of hydrogen-bond acceptors (Lipinski definition) is 15. The van der Waals surface area contributed by atoms with Crippen LogP contribution < -0.4 is 0 Å². The zero-order chi connectivity index (χ0) is 32.0. The van der Waals surface area contributed by atoms with Gasteiger partial charge in [0.05, 0.1) is 37.6 Å². The van der Waals surface area contributed by atoms with Gasteiger partial charge in [-0.25, -0.2) is 4.79 Å². The van der Waals surface area contributed by atoms with Crippen molar-refractivity contribution in [3.8, 4) is 0 Å². The Bertz CT molecular complexity index is 1240. The summed E-state index contributed by atoms with van der Waals surface area (Å²) in [7, 11) is 0. The van der Waals surface area contributed by atoms with Crippen LogP contribution >= 0.6 is 0 Å². The normalized spacial score (nSPS) is 47.2. The molecule has 1 saturated carbocycles. The van der Waals surface area contributed by atoms with Gasteiger partial charge in [-0.2, -0.15) is 0 Å². The maximum absolute atomic E-state index is 12.7. The summed E-state index contributed by atoms with van der Waals surface area (Å²) in [6, 6.07) is 9.01. The first kappa shape index (κ1) is 32.4. The first-order valence-corrected chi connectivity index (χ1v) is 14.8. The second-order valence-corrected chi connectivity index (χ2v) is 11.9. The van der Waals surface area contributed by atoms with Gasteiger partial charge in [-0.15, -0.1) is 0 Å². The average Bonchev–Trinajstić information content (AvgIpc) is 3.72. The highest BCUT2D eigenvalue weighted by Gasteiger charge is 2.77. The van der Waals surface area contributed by atoms with Gasteiger partial charge in [0.2, 0.25) is 6.29 Å². The molecule has 0 amide bonds. The fourth-order valence-corrected chi connectivity index (χ4v) is 6.60. The molecule has 45 heavy (non-hydrogen) atoms. The number of ether oxygens (including phenoxy) is 7. The Morgan fingerprint density at radius 1 is 0.889 bits per heavy atom. The lowest BCUT2D eigenvalue weighted by Gasteiger charge is -2.44. The van der Waals surface area contributed by atoms with Gasteiger partial charge in [-0.1, -0.05) is 30.3 Å². The molecule has 0 bridgehead atoms. The maximum Gasteiger partial charge on any atom is 0.331 e. The number of benzene rings is 1. The average molecular weight is 639 g/mol. The number of rotatable bonds is 9. The van der Waals surface area contributed by atoms with Crippen LogP contribution in [0.3, 0.4) is 0 Å². The predicted molar refractivity (Wildman–Crippen MR) is 147 cm³/mol.